The number of nitrogens with two attached hydrogens (primary N) is 1. The second-order valence-corrected chi connectivity index (χ2v) is 6.43. The number of piperidine rings is 1. The van der Waals surface area contributed by atoms with E-state index in [1.807, 2.05) is 17.0 Å². The lowest BCUT2D eigenvalue weighted by Gasteiger charge is -2.33. The van der Waals surface area contributed by atoms with Crippen molar-refractivity contribution in [2.24, 2.45) is 5.73 Å². The van der Waals surface area contributed by atoms with E-state index in [-0.39, 0.29) is 5.91 Å². The molecular formula is C20H25N3O. The van der Waals surface area contributed by atoms with Crippen LogP contribution in [0, 0.1) is 0 Å². The highest BCUT2D eigenvalue weighted by Crippen LogP contribution is 2.28. The normalized spacial score (nSPS) is 17.8. The summed E-state index contributed by atoms with van der Waals surface area (Å²) in [6.07, 6.45) is 4.75. The molecule has 24 heavy (non-hydrogen) atoms. The first kappa shape index (κ1) is 16.7. The summed E-state index contributed by atoms with van der Waals surface area (Å²) >= 11 is 0. The molecule has 2 heterocycles. The van der Waals surface area contributed by atoms with Crippen LogP contribution in [-0.4, -0.2) is 28.9 Å². The lowest BCUT2D eigenvalue weighted by Crippen LogP contribution is -2.39. The monoisotopic (exact) mass is 323 g/mol. The van der Waals surface area contributed by atoms with Gasteiger partial charge in [0.2, 0.25) is 0 Å². The maximum absolute atomic E-state index is 12.8. The molecule has 0 bridgehead atoms. The van der Waals surface area contributed by atoms with E-state index in [1.54, 1.807) is 6.20 Å². The molecule has 126 valence electrons. The van der Waals surface area contributed by atoms with Gasteiger partial charge in [0.1, 0.15) is 0 Å². The summed E-state index contributed by atoms with van der Waals surface area (Å²) in [5.41, 5.74) is 9.83. The van der Waals surface area contributed by atoms with Crippen molar-refractivity contribution in [1.29, 1.82) is 0 Å². The molecule has 2 aromatic rings. The van der Waals surface area contributed by atoms with E-state index in [4.69, 9.17) is 5.73 Å². The van der Waals surface area contributed by atoms with Crippen LogP contribution in [0.3, 0.4) is 0 Å². The van der Waals surface area contributed by atoms with Crippen LogP contribution in [-0.2, 0) is 13.0 Å². The molecule has 1 atom stereocenters. The standard InChI is InChI=1S/C20H25N3O/c1-2-19-12-17(9-10-22-19)20(24)23-11-3-4-18(14-23)16-7-5-15(13-21)6-8-16/h5-10,12,18H,2-4,11,13-14,21H2,1H3. The van der Waals surface area contributed by atoms with Gasteiger partial charge in [0.15, 0.2) is 0 Å². The Kier molecular flexibility index (Phi) is 5.26. The summed E-state index contributed by atoms with van der Waals surface area (Å²) in [4.78, 5) is 19.1. The molecule has 1 amide bonds. The van der Waals surface area contributed by atoms with Gasteiger partial charge < -0.3 is 10.6 Å². The summed E-state index contributed by atoms with van der Waals surface area (Å²) in [5.74, 6) is 0.525. The van der Waals surface area contributed by atoms with Crippen molar-refractivity contribution >= 4 is 5.91 Å². The van der Waals surface area contributed by atoms with Gasteiger partial charge in [-0.05, 0) is 42.5 Å². The Labute approximate surface area is 143 Å². The van der Waals surface area contributed by atoms with Crippen LogP contribution in [0.5, 0.6) is 0 Å². The molecule has 0 aliphatic carbocycles. The molecule has 1 fully saturated rings. The Balaban J connectivity index is 1.73. The molecule has 1 unspecified atom stereocenters. The van der Waals surface area contributed by atoms with Gasteiger partial charge in [0.25, 0.3) is 5.91 Å². The summed E-state index contributed by atoms with van der Waals surface area (Å²) in [7, 11) is 0. The Morgan fingerprint density at radius 1 is 1.29 bits per heavy atom. The number of pyridine rings is 1. The van der Waals surface area contributed by atoms with Crippen molar-refractivity contribution in [3.8, 4) is 0 Å². The molecule has 0 radical (unpaired) electrons. The molecular weight excluding hydrogens is 298 g/mol. The zero-order chi connectivity index (χ0) is 16.9. The number of likely N-dealkylation sites (tertiary alicyclic amines) is 1. The molecule has 1 aliphatic heterocycles. The van der Waals surface area contributed by atoms with Crippen LogP contribution < -0.4 is 5.73 Å². The van der Waals surface area contributed by atoms with E-state index in [1.165, 1.54) is 5.56 Å². The number of amides is 1. The molecule has 1 aromatic carbocycles. The van der Waals surface area contributed by atoms with Gasteiger partial charge in [-0.15, -0.1) is 0 Å². The van der Waals surface area contributed by atoms with Crippen LogP contribution in [0.15, 0.2) is 42.6 Å². The van der Waals surface area contributed by atoms with Crippen molar-refractivity contribution in [3.63, 3.8) is 0 Å². The Morgan fingerprint density at radius 2 is 2.08 bits per heavy atom. The predicted octanol–water partition coefficient (Wildman–Crippen LogP) is 3.12. The van der Waals surface area contributed by atoms with Gasteiger partial charge in [-0.3, -0.25) is 9.78 Å². The predicted molar refractivity (Wildman–Crippen MR) is 95.8 cm³/mol. The number of carbonyl (C=O) groups is 1. The minimum absolute atomic E-state index is 0.121. The first-order valence-electron chi connectivity index (χ1n) is 8.74. The first-order valence-corrected chi connectivity index (χ1v) is 8.74. The molecule has 4 heteroatoms. The third kappa shape index (κ3) is 3.65. The lowest BCUT2D eigenvalue weighted by molar-refractivity contribution is 0.0707. The summed E-state index contributed by atoms with van der Waals surface area (Å²) in [6, 6.07) is 12.2. The minimum atomic E-state index is 0.121. The smallest absolute Gasteiger partial charge is 0.253 e. The van der Waals surface area contributed by atoms with Gasteiger partial charge in [-0.2, -0.15) is 0 Å². The van der Waals surface area contributed by atoms with Gasteiger partial charge in [0.05, 0.1) is 0 Å². The number of rotatable bonds is 4. The van der Waals surface area contributed by atoms with Gasteiger partial charge >= 0.3 is 0 Å². The van der Waals surface area contributed by atoms with Gasteiger partial charge in [-0.1, -0.05) is 31.2 Å². The summed E-state index contributed by atoms with van der Waals surface area (Å²) < 4.78 is 0. The number of carbonyl (C=O) groups excluding carboxylic acids is 1. The topological polar surface area (TPSA) is 59.2 Å². The van der Waals surface area contributed by atoms with Gasteiger partial charge in [0, 0.05) is 43.0 Å². The van der Waals surface area contributed by atoms with Crippen LogP contribution >= 0.6 is 0 Å². The average Bonchev–Trinajstić information content (AvgIpc) is 2.67. The second kappa shape index (κ2) is 7.58. The molecule has 1 aliphatic rings. The number of nitrogens with zero attached hydrogens (tertiary/aromatic N) is 2. The fraction of sp³-hybridized carbons (Fsp3) is 0.400. The SMILES string of the molecule is CCc1cc(C(=O)N2CCCC(c3ccc(CN)cc3)C2)ccn1. The third-order valence-corrected chi connectivity index (χ3v) is 4.82. The van der Waals surface area contributed by atoms with Crippen molar-refractivity contribution in [2.45, 2.75) is 38.6 Å². The summed E-state index contributed by atoms with van der Waals surface area (Å²) in [6.45, 7) is 4.24. The molecule has 3 rings (SSSR count). The molecule has 1 aromatic heterocycles. The van der Waals surface area contributed by atoms with E-state index < -0.39 is 0 Å². The quantitative estimate of drug-likeness (QED) is 0.940. The molecule has 4 nitrogen and oxygen atoms in total. The molecule has 0 saturated carbocycles. The maximum Gasteiger partial charge on any atom is 0.253 e. The van der Waals surface area contributed by atoms with E-state index >= 15 is 0 Å². The Morgan fingerprint density at radius 3 is 2.79 bits per heavy atom. The largest absolute Gasteiger partial charge is 0.338 e. The summed E-state index contributed by atoms with van der Waals surface area (Å²) in [5, 5.41) is 0. The number of hydrogen-bond donors (Lipinski definition) is 1. The molecule has 1 saturated heterocycles. The number of aromatic nitrogens is 1. The maximum atomic E-state index is 12.8. The zero-order valence-electron chi connectivity index (χ0n) is 14.2. The Hall–Kier alpha value is -2.20. The van der Waals surface area contributed by atoms with Gasteiger partial charge in [-0.25, -0.2) is 0 Å². The number of hydrogen-bond acceptors (Lipinski definition) is 3. The minimum Gasteiger partial charge on any atom is -0.338 e. The van der Waals surface area contributed by atoms with Crippen LogP contribution in [0.4, 0.5) is 0 Å². The van der Waals surface area contributed by atoms with Crippen LogP contribution in [0.25, 0.3) is 0 Å². The molecule has 2 N–H and O–H groups in total. The first-order chi connectivity index (χ1) is 11.7. The highest BCUT2D eigenvalue weighted by molar-refractivity contribution is 5.94. The highest BCUT2D eigenvalue weighted by Gasteiger charge is 2.25. The van der Waals surface area contributed by atoms with E-state index in [9.17, 15) is 4.79 Å². The fourth-order valence-corrected chi connectivity index (χ4v) is 3.35. The zero-order valence-corrected chi connectivity index (χ0v) is 14.2. The number of aryl methyl sites for hydroxylation is 1. The average molecular weight is 323 g/mol. The van der Waals surface area contributed by atoms with Crippen molar-refractivity contribution < 1.29 is 4.79 Å². The number of benzene rings is 1. The van der Waals surface area contributed by atoms with E-state index in [2.05, 4.69) is 36.2 Å². The van der Waals surface area contributed by atoms with Crippen LogP contribution in [0.1, 0.15) is 52.9 Å². The highest BCUT2D eigenvalue weighted by atomic mass is 16.2. The van der Waals surface area contributed by atoms with Crippen LogP contribution in [0.2, 0.25) is 0 Å². The van der Waals surface area contributed by atoms with Crippen molar-refractivity contribution in [2.75, 3.05) is 13.1 Å². The lowest BCUT2D eigenvalue weighted by atomic mass is 9.90. The Bertz CT molecular complexity index is 696. The van der Waals surface area contributed by atoms with Crippen molar-refractivity contribution in [1.82, 2.24) is 9.88 Å². The van der Waals surface area contributed by atoms with Crippen molar-refractivity contribution in [3.05, 3.63) is 65.0 Å². The third-order valence-electron chi connectivity index (χ3n) is 4.82. The second-order valence-electron chi connectivity index (χ2n) is 6.43. The fourth-order valence-electron chi connectivity index (χ4n) is 3.35. The van der Waals surface area contributed by atoms with E-state index in [0.717, 1.165) is 49.2 Å². The van der Waals surface area contributed by atoms with E-state index in [0.29, 0.717) is 12.5 Å². The molecule has 0 spiro atoms.